The third kappa shape index (κ3) is 2.01. The highest BCUT2D eigenvalue weighted by Crippen LogP contribution is 2.22. The molecule has 0 spiro atoms. The maximum atomic E-state index is 12.4. The number of rotatable bonds is 3. The first-order chi connectivity index (χ1) is 6.99. The Balaban J connectivity index is 3.56. The fourth-order valence-electron chi connectivity index (χ4n) is 1.21. The Kier molecular flexibility index (Phi) is 3.15. The number of pyridine rings is 1. The van der Waals surface area contributed by atoms with Crippen molar-refractivity contribution in [1.82, 2.24) is 4.98 Å². The second kappa shape index (κ2) is 4.18. The number of aromatic carboxylic acids is 1. The van der Waals surface area contributed by atoms with Gasteiger partial charge in [-0.15, -0.1) is 0 Å². The summed E-state index contributed by atoms with van der Waals surface area (Å²) in [7, 11) is 0. The number of hydrogen-bond donors (Lipinski definition) is 3. The van der Waals surface area contributed by atoms with Crippen molar-refractivity contribution in [3.8, 4) is 0 Å². The molecule has 0 unspecified atom stereocenters. The molecular formula is C8H8F2N2O3. The minimum atomic E-state index is -2.97. The largest absolute Gasteiger partial charge is 0.478 e. The minimum Gasteiger partial charge on any atom is -0.478 e. The van der Waals surface area contributed by atoms with Gasteiger partial charge >= 0.3 is 5.97 Å². The predicted molar refractivity (Wildman–Crippen MR) is 46.9 cm³/mol. The number of alkyl halides is 2. The van der Waals surface area contributed by atoms with Crippen molar-refractivity contribution in [2.75, 3.05) is 0 Å². The van der Waals surface area contributed by atoms with Crippen molar-refractivity contribution < 1.29 is 18.7 Å². The number of carboxylic acids is 1. The van der Waals surface area contributed by atoms with Crippen LogP contribution in [0.15, 0.2) is 11.0 Å². The summed E-state index contributed by atoms with van der Waals surface area (Å²) in [4.78, 5) is 23.8. The lowest BCUT2D eigenvalue weighted by atomic mass is 10.0. The Labute approximate surface area is 82.5 Å². The molecule has 0 saturated carbocycles. The molecule has 1 aromatic rings. The second-order valence-electron chi connectivity index (χ2n) is 2.74. The van der Waals surface area contributed by atoms with Crippen molar-refractivity contribution in [3.05, 3.63) is 33.2 Å². The van der Waals surface area contributed by atoms with E-state index in [-0.39, 0.29) is 5.56 Å². The van der Waals surface area contributed by atoms with Crippen LogP contribution in [0.5, 0.6) is 0 Å². The van der Waals surface area contributed by atoms with Crippen molar-refractivity contribution in [2.45, 2.75) is 13.0 Å². The molecule has 0 aliphatic rings. The molecule has 0 atom stereocenters. The number of hydrogen-bond acceptors (Lipinski definition) is 3. The van der Waals surface area contributed by atoms with Crippen LogP contribution in [0.2, 0.25) is 0 Å². The minimum absolute atomic E-state index is 0.347. The van der Waals surface area contributed by atoms with E-state index in [9.17, 15) is 18.4 Å². The van der Waals surface area contributed by atoms with Crippen LogP contribution < -0.4 is 11.3 Å². The zero-order chi connectivity index (χ0) is 11.6. The van der Waals surface area contributed by atoms with Gasteiger partial charge in [-0.05, 0) is 0 Å². The van der Waals surface area contributed by atoms with Crippen LogP contribution in [0.3, 0.4) is 0 Å². The highest BCUT2D eigenvalue weighted by molar-refractivity contribution is 5.91. The van der Waals surface area contributed by atoms with E-state index in [0.717, 1.165) is 0 Å². The number of halogens is 2. The summed E-state index contributed by atoms with van der Waals surface area (Å²) in [6.07, 6.45) is -2.28. The third-order valence-electron chi connectivity index (χ3n) is 1.88. The molecule has 0 fully saturated rings. The highest BCUT2D eigenvalue weighted by atomic mass is 19.3. The molecule has 1 rings (SSSR count). The van der Waals surface area contributed by atoms with Crippen LogP contribution in [-0.4, -0.2) is 16.1 Å². The second-order valence-corrected chi connectivity index (χ2v) is 2.74. The summed E-state index contributed by atoms with van der Waals surface area (Å²) in [6.45, 7) is -0.405. The van der Waals surface area contributed by atoms with E-state index in [1.165, 1.54) is 0 Å². The summed E-state index contributed by atoms with van der Waals surface area (Å²) in [5.74, 6) is -1.59. The van der Waals surface area contributed by atoms with Gasteiger partial charge in [0.25, 0.3) is 12.0 Å². The van der Waals surface area contributed by atoms with Gasteiger partial charge in [-0.2, -0.15) is 0 Å². The molecule has 7 heteroatoms. The molecule has 4 N–H and O–H groups in total. The molecule has 0 aliphatic carbocycles. The summed E-state index contributed by atoms with van der Waals surface area (Å²) < 4.78 is 24.8. The van der Waals surface area contributed by atoms with Gasteiger partial charge < -0.3 is 15.8 Å². The lowest BCUT2D eigenvalue weighted by Gasteiger charge is -2.08. The summed E-state index contributed by atoms with van der Waals surface area (Å²) >= 11 is 0. The van der Waals surface area contributed by atoms with Crippen molar-refractivity contribution in [3.63, 3.8) is 0 Å². The molecule has 15 heavy (non-hydrogen) atoms. The van der Waals surface area contributed by atoms with Gasteiger partial charge in [0.1, 0.15) is 0 Å². The predicted octanol–water partition coefficient (Wildman–Crippen LogP) is 0.469. The molecule has 82 valence electrons. The lowest BCUT2D eigenvalue weighted by Crippen LogP contribution is -2.23. The molecule has 0 bridgehead atoms. The molecule has 0 saturated heterocycles. The van der Waals surface area contributed by atoms with Gasteiger partial charge in [0, 0.05) is 23.9 Å². The van der Waals surface area contributed by atoms with Crippen LogP contribution >= 0.6 is 0 Å². The van der Waals surface area contributed by atoms with E-state index in [0.29, 0.717) is 6.20 Å². The van der Waals surface area contributed by atoms with Gasteiger partial charge in [0.2, 0.25) is 0 Å². The van der Waals surface area contributed by atoms with E-state index in [1.807, 2.05) is 4.98 Å². The van der Waals surface area contributed by atoms with Crippen molar-refractivity contribution in [1.29, 1.82) is 0 Å². The average Bonchev–Trinajstić information content (AvgIpc) is 2.16. The summed E-state index contributed by atoms with van der Waals surface area (Å²) in [6, 6.07) is 0. The van der Waals surface area contributed by atoms with E-state index in [1.54, 1.807) is 0 Å². The lowest BCUT2D eigenvalue weighted by molar-refractivity contribution is 0.0682. The van der Waals surface area contributed by atoms with E-state index in [4.69, 9.17) is 10.8 Å². The molecule has 0 radical (unpaired) electrons. The first-order valence-electron chi connectivity index (χ1n) is 3.95. The Bertz CT molecular complexity index is 442. The third-order valence-corrected chi connectivity index (χ3v) is 1.88. The fourth-order valence-corrected chi connectivity index (χ4v) is 1.21. The van der Waals surface area contributed by atoms with Crippen molar-refractivity contribution >= 4 is 5.97 Å². The Hall–Kier alpha value is -1.76. The standard InChI is InChI=1S/C8H8F2N2O3/c9-6(10)4-2-12-7(13)3(1-11)5(4)8(14)15/h2,6H,1,11H2,(H,12,13)(H,14,15). The Morgan fingerprint density at radius 2 is 2.20 bits per heavy atom. The maximum Gasteiger partial charge on any atom is 0.336 e. The summed E-state index contributed by atoms with van der Waals surface area (Å²) in [5, 5.41) is 8.71. The van der Waals surface area contributed by atoms with Crippen LogP contribution in [0.4, 0.5) is 8.78 Å². The number of aromatic amines is 1. The molecule has 5 nitrogen and oxygen atoms in total. The molecule has 0 amide bonds. The number of H-pyrrole nitrogens is 1. The first kappa shape index (κ1) is 11.3. The van der Waals surface area contributed by atoms with Crippen LogP contribution in [0.25, 0.3) is 0 Å². The van der Waals surface area contributed by atoms with Crippen LogP contribution in [0.1, 0.15) is 27.9 Å². The van der Waals surface area contributed by atoms with Gasteiger partial charge in [-0.25, -0.2) is 13.6 Å². The number of carbonyl (C=O) groups is 1. The molecule has 1 heterocycles. The van der Waals surface area contributed by atoms with Gasteiger partial charge in [0.05, 0.1) is 5.56 Å². The number of nitrogens with one attached hydrogen (secondary N) is 1. The van der Waals surface area contributed by atoms with Crippen molar-refractivity contribution in [2.24, 2.45) is 5.73 Å². The van der Waals surface area contributed by atoms with Gasteiger partial charge in [-0.3, -0.25) is 4.79 Å². The summed E-state index contributed by atoms with van der Waals surface area (Å²) in [5.41, 5.74) is 2.57. The van der Waals surface area contributed by atoms with Gasteiger partial charge in [0.15, 0.2) is 0 Å². The Morgan fingerprint density at radius 3 is 2.60 bits per heavy atom. The Morgan fingerprint density at radius 1 is 1.60 bits per heavy atom. The number of nitrogens with two attached hydrogens (primary N) is 1. The zero-order valence-corrected chi connectivity index (χ0v) is 7.46. The fraction of sp³-hybridized carbons (Fsp3) is 0.250. The molecule has 1 aromatic heterocycles. The van der Waals surface area contributed by atoms with E-state index >= 15 is 0 Å². The van der Waals surface area contributed by atoms with Gasteiger partial charge in [-0.1, -0.05) is 0 Å². The highest BCUT2D eigenvalue weighted by Gasteiger charge is 2.23. The quantitative estimate of drug-likeness (QED) is 0.687. The maximum absolute atomic E-state index is 12.4. The monoisotopic (exact) mass is 218 g/mol. The van der Waals surface area contributed by atoms with Crippen LogP contribution in [-0.2, 0) is 6.54 Å². The van der Waals surface area contributed by atoms with Crippen LogP contribution in [0, 0.1) is 0 Å². The SMILES string of the molecule is NCc1c(C(=O)O)c(C(F)F)c[nH]c1=O. The van der Waals surface area contributed by atoms with E-state index < -0.39 is 35.6 Å². The topological polar surface area (TPSA) is 96.2 Å². The first-order valence-corrected chi connectivity index (χ1v) is 3.95. The number of aromatic nitrogens is 1. The molecular weight excluding hydrogens is 210 g/mol. The molecule has 0 aliphatic heterocycles. The normalized spacial score (nSPS) is 10.7. The smallest absolute Gasteiger partial charge is 0.336 e. The molecule has 0 aromatic carbocycles. The zero-order valence-electron chi connectivity index (χ0n) is 7.46. The number of carboxylic acid groups (broad SMARTS) is 1. The van der Waals surface area contributed by atoms with E-state index in [2.05, 4.69) is 0 Å². The average molecular weight is 218 g/mol.